The molecule has 0 aliphatic carbocycles. The van der Waals surface area contributed by atoms with Crippen molar-refractivity contribution in [3.63, 3.8) is 0 Å². The molecule has 0 saturated heterocycles. The molecule has 0 radical (unpaired) electrons. The van der Waals surface area contributed by atoms with E-state index < -0.39 is 6.10 Å². The van der Waals surface area contributed by atoms with E-state index in [1.165, 1.54) is 54.7 Å². The zero-order chi connectivity index (χ0) is 15.8. The van der Waals surface area contributed by atoms with Gasteiger partial charge in [0.25, 0.3) is 0 Å². The fraction of sp³-hybridized carbons (Fsp3) is 0.684. The summed E-state index contributed by atoms with van der Waals surface area (Å²) in [4.78, 5) is 1.39. The first-order chi connectivity index (χ1) is 10.7. The Balaban J connectivity index is 1.69. The lowest BCUT2D eigenvalue weighted by Gasteiger charge is -2.21. The van der Waals surface area contributed by atoms with E-state index >= 15 is 0 Å². The van der Waals surface area contributed by atoms with Crippen LogP contribution >= 0.6 is 11.8 Å². The third-order valence-electron chi connectivity index (χ3n) is 4.53. The van der Waals surface area contributed by atoms with Gasteiger partial charge in [-0.3, -0.25) is 0 Å². The van der Waals surface area contributed by atoms with E-state index in [0.29, 0.717) is 0 Å². The van der Waals surface area contributed by atoms with Gasteiger partial charge in [-0.25, -0.2) is 0 Å². The van der Waals surface area contributed by atoms with Gasteiger partial charge in [-0.05, 0) is 43.5 Å². The van der Waals surface area contributed by atoms with Crippen LogP contribution in [0.5, 0.6) is 0 Å². The summed E-state index contributed by atoms with van der Waals surface area (Å²) in [5, 5.41) is 14.0. The summed E-state index contributed by atoms with van der Waals surface area (Å²) in [5.41, 5.74) is 2.47. The van der Waals surface area contributed by atoms with Gasteiger partial charge in [-0.1, -0.05) is 51.2 Å². The molecule has 2 rings (SSSR count). The lowest BCUT2D eigenvalue weighted by molar-refractivity contribution is 0.136. The van der Waals surface area contributed by atoms with E-state index in [9.17, 15) is 5.11 Å². The summed E-state index contributed by atoms with van der Waals surface area (Å²) in [6, 6.07) is 6.57. The third-order valence-corrected chi connectivity index (χ3v) is 5.64. The molecular weight excluding hydrogens is 290 g/mol. The zero-order valence-electron chi connectivity index (χ0n) is 14.1. The second-order valence-corrected chi connectivity index (χ2v) is 7.56. The minimum absolute atomic E-state index is 0.114. The van der Waals surface area contributed by atoms with Crippen LogP contribution in [0.1, 0.15) is 69.6 Å². The Kier molecular flexibility index (Phi) is 7.77. The first kappa shape index (κ1) is 17.8. The molecule has 1 aromatic carbocycles. The summed E-state index contributed by atoms with van der Waals surface area (Å²) in [7, 11) is 0. The molecule has 1 aliphatic heterocycles. The van der Waals surface area contributed by atoms with E-state index in [1.54, 1.807) is 0 Å². The second-order valence-electron chi connectivity index (χ2n) is 6.42. The lowest BCUT2D eigenvalue weighted by Crippen LogP contribution is -2.32. The van der Waals surface area contributed by atoms with E-state index in [-0.39, 0.29) is 6.04 Å². The molecule has 3 heteroatoms. The Morgan fingerprint density at radius 3 is 2.77 bits per heavy atom. The first-order valence-corrected chi connectivity index (χ1v) is 9.88. The molecule has 0 amide bonds. The summed E-state index contributed by atoms with van der Waals surface area (Å²) in [5.74, 6) is 1.18. The minimum Gasteiger partial charge on any atom is -0.387 e. The van der Waals surface area contributed by atoms with Crippen LogP contribution in [0.4, 0.5) is 0 Å². The van der Waals surface area contributed by atoms with Crippen molar-refractivity contribution in [1.82, 2.24) is 5.32 Å². The number of aryl methyl sites for hydroxylation is 1. The second kappa shape index (κ2) is 9.59. The molecule has 0 fully saturated rings. The standard InChI is InChI=1S/C19H31NOS/c1-3-4-5-6-7-8-12-20-15(2)19(21)17-9-10-18-16(14-17)11-13-22-18/h9-10,14-15,19-21H,3-8,11-13H2,1-2H3. The van der Waals surface area contributed by atoms with E-state index in [4.69, 9.17) is 0 Å². The number of fused-ring (bicyclic) bond motifs is 1. The van der Waals surface area contributed by atoms with Gasteiger partial charge in [0.1, 0.15) is 0 Å². The maximum Gasteiger partial charge on any atom is 0.0940 e. The minimum atomic E-state index is -0.406. The fourth-order valence-corrected chi connectivity index (χ4v) is 4.08. The van der Waals surface area contributed by atoms with Crippen LogP contribution in [0.15, 0.2) is 23.1 Å². The average molecular weight is 322 g/mol. The monoisotopic (exact) mass is 321 g/mol. The molecular formula is C19H31NOS. The number of thioether (sulfide) groups is 1. The van der Waals surface area contributed by atoms with Crippen LogP contribution in [-0.2, 0) is 6.42 Å². The maximum absolute atomic E-state index is 10.5. The molecule has 22 heavy (non-hydrogen) atoms. The molecule has 0 aromatic heterocycles. The molecule has 2 nitrogen and oxygen atoms in total. The van der Waals surface area contributed by atoms with Gasteiger partial charge in [0.15, 0.2) is 0 Å². The van der Waals surface area contributed by atoms with Crippen LogP contribution in [-0.4, -0.2) is 23.4 Å². The normalized spacial score (nSPS) is 16.5. The highest BCUT2D eigenvalue weighted by Gasteiger charge is 2.18. The number of aliphatic hydroxyl groups is 1. The lowest BCUT2D eigenvalue weighted by atomic mass is 10.00. The van der Waals surface area contributed by atoms with Gasteiger partial charge in [0.05, 0.1) is 6.10 Å². The number of hydrogen-bond donors (Lipinski definition) is 2. The summed E-state index contributed by atoms with van der Waals surface area (Å²) >= 11 is 1.92. The number of benzene rings is 1. The van der Waals surface area contributed by atoms with Crippen LogP contribution in [0.3, 0.4) is 0 Å². The quantitative estimate of drug-likeness (QED) is 0.612. The Hall–Kier alpha value is -0.510. The number of nitrogens with one attached hydrogen (secondary N) is 1. The maximum atomic E-state index is 10.5. The molecule has 124 valence electrons. The highest BCUT2D eigenvalue weighted by Crippen LogP contribution is 2.33. The third kappa shape index (κ3) is 5.29. The van der Waals surface area contributed by atoms with Crippen LogP contribution in [0.25, 0.3) is 0 Å². The molecule has 0 saturated carbocycles. The highest BCUT2D eigenvalue weighted by molar-refractivity contribution is 7.99. The number of hydrogen-bond acceptors (Lipinski definition) is 3. The number of aliphatic hydroxyl groups excluding tert-OH is 1. The van der Waals surface area contributed by atoms with Crippen LogP contribution in [0.2, 0.25) is 0 Å². The van der Waals surface area contributed by atoms with E-state index in [1.807, 2.05) is 11.8 Å². The molecule has 0 bridgehead atoms. The first-order valence-electron chi connectivity index (χ1n) is 8.89. The summed E-state index contributed by atoms with van der Waals surface area (Å²) in [6.45, 7) is 5.34. The SMILES string of the molecule is CCCCCCCCNC(C)C(O)c1ccc2c(c1)CCS2. The van der Waals surface area contributed by atoms with E-state index in [0.717, 1.165) is 18.5 Å². The number of unbranched alkanes of at least 4 members (excludes halogenated alkanes) is 5. The van der Waals surface area contributed by atoms with Crippen molar-refractivity contribution in [1.29, 1.82) is 0 Å². The van der Waals surface area contributed by atoms with Crippen molar-refractivity contribution in [2.45, 2.75) is 75.8 Å². The van der Waals surface area contributed by atoms with Crippen molar-refractivity contribution in [3.8, 4) is 0 Å². The fourth-order valence-electron chi connectivity index (χ4n) is 3.03. The number of rotatable bonds is 10. The van der Waals surface area contributed by atoms with Gasteiger partial charge in [0, 0.05) is 16.7 Å². The Bertz CT molecular complexity index is 449. The molecule has 1 heterocycles. The molecule has 1 aliphatic rings. The Morgan fingerprint density at radius 2 is 1.95 bits per heavy atom. The predicted octanol–water partition coefficient (Wildman–Crippen LogP) is 4.71. The molecule has 2 atom stereocenters. The molecule has 2 unspecified atom stereocenters. The summed E-state index contributed by atoms with van der Waals surface area (Å²) in [6.07, 6.45) is 8.61. The zero-order valence-corrected chi connectivity index (χ0v) is 14.9. The van der Waals surface area contributed by atoms with Crippen molar-refractivity contribution >= 4 is 11.8 Å². The van der Waals surface area contributed by atoms with Crippen molar-refractivity contribution in [2.24, 2.45) is 0 Å². The smallest absolute Gasteiger partial charge is 0.0940 e. The summed E-state index contributed by atoms with van der Waals surface area (Å²) < 4.78 is 0. The molecule has 0 spiro atoms. The van der Waals surface area contributed by atoms with Crippen LogP contribution in [0, 0.1) is 0 Å². The Morgan fingerprint density at radius 1 is 1.18 bits per heavy atom. The topological polar surface area (TPSA) is 32.3 Å². The molecule has 1 aromatic rings. The largest absolute Gasteiger partial charge is 0.387 e. The highest BCUT2D eigenvalue weighted by atomic mass is 32.2. The van der Waals surface area contributed by atoms with Gasteiger partial charge >= 0.3 is 0 Å². The Labute approximate surface area is 140 Å². The van der Waals surface area contributed by atoms with E-state index in [2.05, 4.69) is 37.4 Å². The van der Waals surface area contributed by atoms with Gasteiger partial charge in [-0.15, -0.1) is 11.8 Å². The van der Waals surface area contributed by atoms with Crippen molar-refractivity contribution in [2.75, 3.05) is 12.3 Å². The van der Waals surface area contributed by atoms with Gasteiger partial charge in [-0.2, -0.15) is 0 Å². The average Bonchev–Trinajstić information content (AvgIpc) is 3.00. The van der Waals surface area contributed by atoms with Crippen LogP contribution < -0.4 is 5.32 Å². The predicted molar refractivity (Wildman–Crippen MR) is 96.7 cm³/mol. The van der Waals surface area contributed by atoms with Crippen molar-refractivity contribution < 1.29 is 5.11 Å². The van der Waals surface area contributed by atoms with Crippen molar-refractivity contribution in [3.05, 3.63) is 29.3 Å². The molecule has 2 N–H and O–H groups in total. The van der Waals surface area contributed by atoms with Gasteiger partial charge in [0.2, 0.25) is 0 Å². The van der Waals surface area contributed by atoms with Gasteiger partial charge < -0.3 is 10.4 Å².